The van der Waals surface area contributed by atoms with Gasteiger partial charge in [-0.3, -0.25) is 9.78 Å². The van der Waals surface area contributed by atoms with Crippen molar-refractivity contribution in [1.29, 1.82) is 0 Å². The molecule has 1 rings (SSSR count). The molecule has 0 fully saturated rings. The summed E-state index contributed by atoms with van der Waals surface area (Å²) in [6.07, 6.45) is 1.53. The molecule has 0 saturated carbocycles. The molecule has 0 radical (unpaired) electrons. The Bertz CT molecular complexity index is 327. The smallest absolute Gasteiger partial charge is 0.364 e. The van der Waals surface area contributed by atoms with E-state index in [1.165, 1.54) is 6.20 Å². The number of hydrogen-bond acceptors (Lipinski definition) is 3. The summed E-state index contributed by atoms with van der Waals surface area (Å²) in [7, 11) is -4.64. The predicted octanol–water partition coefficient (Wildman–Crippen LogP) is -0.748. The fraction of sp³-hybridized carbons (Fsp3) is 0. The van der Waals surface area contributed by atoms with Gasteiger partial charge in [-0.25, -0.2) is 4.57 Å². The number of nitrogens with zero attached hydrogens (tertiary/aromatic N) is 1. The quantitative estimate of drug-likeness (QED) is 0.460. The monoisotopic (exact) mass is 220 g/mol. The Kier molecular flexibility index (Phi) is 4.96. The molecule has 0 aliphatic rings. The highest BCUT2D eigenvalue weighted by atomic mass is 31.2. The van der Waals surface area contributed by atoms with Crippen LogP contribution in [0, 0.1) is 0 Å². The maximum Gasteiger partial charge on any atom is 0.466 e. The highest BCUT2D eigenvalue weighted by Crippen LogP contribution is 2.25. The number of nitrogens with two attached hydrogens (primary N) is 1. The first-order valence-electron chi connectivity index (χ1n) is 3.30. The van der Waals surface area contributed by atoms with Crippen molar-refractivity contribution in [3.63, 3.8) is 0 Å². The van der Waals surface area contributed by atoms with E-state index in [4.69, 9.17) is 25.0 Å². The Morgan fingerprint density at radius 2 is 1.86 bits per heavy atom. The molecule has 1 amide bonds. The maximum absolute atomic E-state index is 10.4. The minimum absolute atomic E-state index is 0.303. The van der Waals surface area contributed by atoms with Gasteiger partial charge in [0.15, 0.2) is 0 Å². The van der Waals surface area contributed by atoms with Crippen LogP contribution in [0.25, 0.3) is 0 Å². The minimum atomic E-state index is -4.64. The second-order valence-corrected chi connectivity index (χ2v) is 3.12. The minimum Gasteiger partial charge on any atom is -0.364 e. The van der Waals surface area contributed by atoms with E-state index < -0.39 is 13.7 Å². The van der Waals surface area contributed by atoms with Gasteiger partial charge >= 0.3 is 7.82 Å². The van der Waals surface area contributed by atoms with Gasteiger partial charge in [0.1, 0.15) is 5.69 Å². The number of phosphoric acid groups is 1. The van der Waals surface area contributed by atoms with Crippen molar-refractivity contribution >= 4 is 13.7 Å². The number of amides is 1. The molecule has 14 heavy (non-hydrogen) atoms. The van der Waals surface area contributed by atoms with Crippen molar-refractivity contribution in [3.05, 3.63) is 30.1 Å². The summed E-state index contributed by atoms with van der Waals surface area (Å²) >= 11 is 0. The number of pyridine rings is 1. The normalized spacial score (nSPS) is 9.93. The van der Waals surface area contributed by atoms with Gasteiger partial charge in [0.25, 0.3) is 5.91 Å². The topological polar surface area (TPSA) is 134 Å². The maximum atomic E-state index is 10.4. The molecule has 0 atom stereocenters. The Morgan fingerprint density at radius 3 is 2.07 bits per heavy atom. The van der Waals surface area contributed by atoms with Crippen molar-refractivity contribution in [2.45, 2.75) is 0 Å². The van der Waals surface area contributed by atoms with Crippen molar-refractivity contribution in [3.8, 4) is 0 Å². The van der Waals surface area contributed by atoms with E-state index in [9.17, 15) is 4.79 Å². The lowest BCUT2D eigenvalue weighted by molar-refractivity contribution is 0.0995. The van der Waals surface area contributed by atoms with Gasteiger partial charge in [-0.05, 0) is 12.1 Å². The SMILES string of the molecule is NC(=O)c1ccccn1.O=P(O)(O)O. The van der Waals surface area contributed by atoms with Crippen LogP contribution in [0.3, 0.4) is 0 Å². The summed E-state index contributed by atoms with van der Waals surface area (Å²) in [4.78, 5) is 35.6. The molecule has 78 valence electrons. The first kappa shape index (κ1) is 12.7. The standard InChI is InChI=1S/C6H6N2O.H3O4P/c7-6(9)5-3-1-2-4-8-5;1-5(2,3)4/h1-4H,(H2,7,9);(H3,1,2,3,4). The van der Waals surface area contributed by atoms with Crippen LogP contribution in [0.2, 0.25) is 0 Å². The third-order valence-corrected chi connectivity index (χ3v) is 0.917. The average molecular weight is 220 g/mol. The van der Waals surface area contributed by atoms with Crippen molar-refractivity contribution in [2.24, 2.45) is 5.73 Å². The molecule has 0 bridgehead atoms. The van der Waals surface area contributed by atoms with Crippen LogP contribution >= 0.6 is 7.82 Å². The van der Waals surface area contributed by atoms with Crippen LogP contribution in [0.15, 0.2) is 24.4 Å². The largest absolute Gasteiger partial charge is 0.466 e. The van der Waals surface area contributed by atoms with Gasteiger partial charge in [-0.15, -0.1) is 0 Å². The first-order valence-corrected chi connectivity index (χ1v) is 4.86. The van der Waals surface area contributed by atoms with Crippen molar-refractivity contribution < 1.29 is 24.0 Å². The van der Waals surface area contributed by atoms with Gasteiger partial charge in [0, 0.05) is 6.20 Å². The first-order chi connectivity index (χ1) is 6.30. The third-order valence-electron chi connectivity index (χ3n) is 0.917. The summed E-state index contributed by atoms with van der Waals surface area (Å²) < 4.78 is 8.88. The van der Waals surface area contributed by atoms with Crippen LogP contribution in [0.5, 0.6) is 0 Å². The van der Waals surface area contributed by atoms with E-state index in [-0.39, 0.29) is 0 Å². The summed E-state index contributed by atoms with van der Waals surface area (Å²) in [5.74, 6) is -0.490. The molecule has 8 heteroatoms. The van der Waals surface area contributed by atoms with Crippen LogP contribution < -0.4 is 5.73 Å². The zero-order valence-electron chi connectivity index (χ0n) is 6.94. The van der Waals surface area contributed by atoms with Gasteiger partial charge in [-0.2, -0.15) is 0 Å². The lowest BCUT2D eigenvalue weighted by Gasteiger charge is -1.88. The molecule has 0 aromatic carbocycles. The second-order valence-electron chi connectivity index (χ2n) is 2.09. The van der Waals surface area contributed by atoms with E-state index in [1.54, 1.807) is 18.2 Å². The van der Waals surface area contributed by atoms with Crippen LogP contribution in [-0.2, 0) is 4.57 Å². The number of hydrogen-bond donors (Lipinski definition) is 4. The molecule has 1 aromatic rings. The van der Waals surface area contributed by atoms with E-state index in [2.05, 4.69) is 4.98 Å². The number of carbonyl (C=O) groups is 1. The summed E-state index contributed by atoms with van der Waals surface area (Å²) in [5, 5.41) is 0. The van der Waals surface area contributed by atoms with Crippen LogP contribution in [0.1, 0.15) is 10.5 Å². The van der Waals surface area contributed by atoms with Crippen LogP contribution in [-0.4, -0.2) is 25.6 Å². The lowest BCUT2D eigenvalue weighted by atomic mass is 10.3. The van der Waals surface area contributed by atoms with Gasteiger partial charge < -0.3 is 20.4 Å². The molecule has 7 nitrogen and oxygen atoms in total. The number of rotatable bonds is 1. The van der Waals surface area contributed by atoms with E-state index in [1.807, 2.05) is 0 Å². The summed E-state index contributed by atoms with van der Waals surface area (Å²) in [5.41, 5.74) is 5.22. The van der Waals surface area contributed by atoms with Gasteiger partial charge in [0.05, 0.1) is 0 Å². The Balaban J connectivity index is 0.000000292. The fourth-order valence-electron chi connectivity index (χ4n) is 0.509. The molecule has 5 N–H and O–H groups in total. The Labute approximate surface area is 79.5 Å². The molecule has 1 heterocycles. The zero-order valence-corrected chi connectivity index (χ0v) is 7.83. The second kappa shape index (κ2) is 5.46. The Hall–Kier alpha value is -1.27. The highest BCUT2D eigenvalue weighted by molar-refractivity contribution is 7.45. The summed E-state index contributed by atoms with van der Waals surface area (Å²) in [6, 6.07) is 5.02. The zero-order chi connectivity index (χ0) is 11.2. The summed E-state index contributed by atoms with van der Waals surface area (Å²) in [6.45, 7) is 0. The van der Waals surface area contributed by atoms with Gasteiger partial charge in [0.2, 0.25) is 0 Å². The third kappa shape index (κ3) is 8.82. The predicted molar refractivity (Wildman–Crippen MR) is 47.0 cm³/mol. The molecule has 0 saturated heterocycles. The van der Waals surface area contributed by atoms with E-state index >= 15 is 0 Å². The van der Waals surface area contributed by atoms with Crippen molar-refractivity contribution in [2.75, 3.05) is 0 Å². The number of primary amides is 1. The molecule has 0 aliphatic heterocycles. The number of aromatic nitrogens is 1. The van der Waals surface area contributed by atoms with Gasteiger partial charge in [-0.1, -0.05) is 6.07 Å². The van der Waals surface area contributed by atoms with Crippen LogP contribution in [0.4, 0.5) is 0 Å². The molecular formula is C6H9N2O5P. The fourth-order valence-corrected chi connectivity index (χ4v) is 0.509. The van der Waals surface area contributed by atoms with E-state index in [0.717, 1.165) is 0 Å². The molecular weight excluding hydrogens is 211 g/mol. The molecule has 1 aromatic heterocycles. The lowest BCUT2D eigenvalue weighted by Crippen LogP contribution is -2.12. The molecule has 0 aliphatic carbocycles. The van der Waals surface area contributed by atoms with Crippen molar-refractivity contribution in [1.82, 2.24) is 4.98 Å². The average Bonchev–Trinajstić information content (AvgIpc) is 2.03. The highest BCUT2D eigenvalue weighted by Gasteiger charge is 2.00. The Morgan fingerprint density at radius 1 is 1.36 bits per heavy atom. The van der Waals surface area contributed by atoms with E-state index in [0.29, 0.717) is 5.69 Å². The molecule has 0 spiro atoms. The number of carbonyl (C=O) groups excluding carboxylic acids is 1. The molecule has 0 unspecified atom stereocenters.